The quantitative estimate of drug-likeness (QED) is 0.495. The van der Waals surface area contributed by atoms with Crippen molar-refractivity contribution >= 4 is 28.6 Å². The minimum Gasteiger partial charge on any atom is -0.481 e. The standard InChI is InChI=1S/C26H28N2O3/c1-2-3-4-6-9-18-12-13-23-22(14-18)21(19-10-7-5-8-11-19)16-24(27-23)28-17-20(26(30)31)15-25(28)29/h5,7-8,10-14,16,20H,2-4,6,9,15,17H2,1H3,(H,30,31). The van der Waals surface area contributed by atoms with Crippen molar-refractivity contribution in [3.63, 3.8) is 0 Å². The summed E-state index contributed by atoms with van der Waals surface area (Å²) in [5.41, 5.74) is 4.18. The second-order valence-corrected chi connectivity index (χ2v) is 8.30. The molecule has 1 N–H and O–H groups in total. The molecule has 160 valence electrons. The number of hydrogen-bond acceptors (Lipinski definition) is 3. The molecule has 3 aromatic rings. The minimum atomic E-state index is -0.937. The Kier molecular flexibility index (Phi) is 6.31. The Labute approximate surface area is 182 Å². The summed E-state index contributed by atoms with van der Waals surface area (Å²) in [7, 11) is 0. The summed E-state index contributed by atoms with van der Waals surface area (Å²) < 4.78 is 0. The number of hydrogen-bond donors (Lipinski definition) is 1. The number of carboxylic acids is 1. The number of pyridine rings is 1. The van der Waals surface area contributed by atoms with E-state index in [9.17, 15) is 14.7 Å². The van der Waals surface area contributed by atoms with E-state index in [1.165, 1.54) is 36.1 Å². The number of unbranched alkanes of at least 4 members (excludes halogenated alkanes) is 3. The summed E-state index contributed by atoms with van der Waals surface area (Å²) in [5.74, 6) is -1.29. The number of rotatable bonds is 8. The number of carboxylic acid groups (broad SMARTS) is 1. The van der Waals surface area contributed by atoms with Crippen LogP contribution in [0.25, 0.3) is 22.0 Å². The number of aryl methyl sites for hydroxylation is 1. The second kappa shape index (κ2) is 9.29. The van der Waals surface area contributed by atoms with Crippen LogP contribution in [0, 0.1) is 5.92 Å². The van der Waals surface area contributed by atoms with Gasteiger partial charge in [0.1, 0.15) is 5.82 Å². The fourth-order valence-electron chi connectivity index (χ4n) is 4.26. The molecule has 0 aliphatic carbocycles. The molecule has 5 heteroatoms. The summed E-state index contributed by atoms with van der Waals surface area (Å²) in [5, 5.41) is 10.4. The van der Waals surface area contributed by atoms with E-state index in [4.69, 9.17) is 4.98 Å². The van der Waals surface area contributed by atoms with Crippen molar-refractivity contribution in [1.29, 1.82) is 0 Å². The van der Waals surface area contributed by atoms with E-state index in [-0.39, 0.29) is 18.9 Å². The van der Waals surface area contributed by atoms with Gasteiger partial charge in [0.15, 0.2) is 0 Å². The van der Waals surface area contributed by atoms with Crippen molar-refractivity contribution in [1.82, 2.24) is 4.98 Å². The predicted molar refractivity (Wildman–Crippen MR) is 123 cm³/mol. The lowest BCUT2D eigenvalue weighted by Gasteiger charge is -2.18. The molecule has 0 bridgehead atoms. The maximum absolute atomic E-state index is 12.5. The van der Waals surface area contributed by atoms with Gasteiger partial charge in [0.2, 0.25) is 5.91 Å². The normalized spacial score (nSPS) is 16.2. The molecule has 1 atom stereocenters. The van der Waals surface area contributed by atoms with Crippen molar-refractivity contribution in [2.45, 2.75) is 45.4 Å². The third kappa shape index (κ3) is 4.61. The summed E-state index contributed by atoms with van der Waals surface area (Å²) in [6.45, 7) is 2.38. The van der Waals surface area contributed by atoms with Gasteiger partial charge in [-0.15, -0.1) is 0 Å². The fourth-order valence-corrected chi connectivity index (χ4v) is 4.26. The van der Waals surface area contributed by atoms with E-state index in [2.05, 4.69) is 31.2 Å². The van der Waals surface area contributed by atoms with Gasteiger partial charge in [0.25, 0.3) is 0 Å². The van der Waals surface area contributed by atoms with E-state index in [1.54, 1.807) is 0 Å². The van der Waals surface area contributed by atoms with E-state index in [1.807, 2.05) is 30.3 Å². The Morgan fingerprint density at radius 3 is 2.61 bits per heavy atom. The van der Waals surface area contributed by atoms with Crippen LogP contribution in [0.5, 0.6) is 0 Å². The molecule has 1 unspecified atom stereocenters. The number of aromatic nitrogens is 1. The van der Waals surface area contributed by atoms with Gasteiger partial charge in [0, 0.05) is 18.4 Å². The first-order chi connectivity index (χ1) is 15.1. The maximum Gasteiger partial charge on any atom is 0.308 e. The van der Waals surface area contributed by atoms with Crippen molar-refractivity contribution in [2.75, 3.05) is 11.4 Å². The molecule has 1 aromatic heterocycles. The highest BCUT2D eigenvalue weighted by Gasteiger charge is 2.36. The van der Waals surface area contributed by atoms with Crippen LogP contribution in [-0.2, 0) is 16.0 Å². The average Bonchev–Trinajstić information content (AvgIpc) is 3.18. The third-order valence-corrected chi connectivity index (χ3v) is 6.01. The van der Waals surface area contributed by atoms with E-state index >= 15 is 0 Å². The fraction of sp³-hybridized carbons (Fsp3) is 0.346. The molecular formula is C26H28N2O3. The number of carbonyl (C=O) groups excluding carboxylic acids is 1. The molecule has 0 radical (unpaired) electrons. The van der Waals surface area contributed by atoms with Crippen molar-refractivity contribution in [3.05, 3.63) is 60.2 Å². The van der Waals surface area contributed by atoms with E-state index < -0.39 is 11.9 Å². The maximum atomic E-state index is 12.5. The minimum absolute atomic E-state index is 0.0203. The summed E-state index contributed by atoms with van der Waals surface area (Å²) in [6, 6.07) is 18.4. The number of anilines is 1. The first-order valence-electron chi connectivity index (χ1n) is 11.1. The third-order valence-electron chi connectivity index (χ3n) is 6.01. The number of amides is 1. The summed E-state index contributed by atoms with van der Waals surface area (Å²) in [4.78, 5) is 30.2. The lowest BCUT2D eigenvalue weighted by Crippen LogP contribution is -2.26. The lowest BCUT2D eigenvalue weighted by molar-refractivity contribution is -0.141. The Morgan fingerprint density at radius 1 is 1.10 bits per heavy atom. The molecule has 2 aromatic carbocycles. The molecule has 0 saturated carbocycles. The molecule has 1 aliphatic rings. The monoisotopic (exact) mass is 416 g/mol. The number of aliphatic carboxylic acids is 1. The number of carbonyl (C=O) groups is 2. The van der Waals surface area contributed by atoms with Crippen molar-refractivity contribution in [3.8, 4) is 11.1 Å². The van der Waals surface area contributed by atoms with Gasteiger partial charge in [-0.25, -0.2) is 4.98 Å². The average molecular weight is 417 g/mol. The molecule has 4 rings (SSSR count). The first kappa shape index (κ1) is 21.0. The van der Waals surface area contributed by atoms with E-state index in [0.29, 0.717) is 5.82 Å². The highest BCUT2D eigenvalue weighted by molar-refractivity contribution is 6.02. The van der Waals surface area contributed by atoms with E-state index in [0.717, 1.165) is 28.5 Å². The molecule has 1 amide bonds. The van der Waals surface area contributed by atoms with Gasteiger partial charge in [0.05, 0.1) is 11.4 Å². The van der Waals surface area contributed by atoms with Crippen LogP contribution in [0.4, 0.5) is 5.82 Å². The Hall–Kier alpha value is -3.21. The number of benzene rings is 2. The Morgan fingerprint density at radius 2 is 1.90 bits per heavy atom. The first-order valence-corrected chi connectivity index (χ1v) is 11.1. The zero-order valence-corrected chi connectivity index (χ0v) is 17.9. The highest BCUT2D eigenvalue weighted by atomic mass is 16.4. The molecule has 2 heterocycles. The molecule has 0 spiro atoms. The largest absolute Gasteiger partial charge is 0.481 e. The summed E-state index contributed by atoms with van der Waals surface area (Å²) in [6.07, 6.45) is 5.95. The van der Waals surface area contributed by atoms with Crippen molar-refractivity contribution < 1.29 is 14.7 Å². The Bertz CT molecular complexity index is 1090. The van der Waals surface area contributed by atoms with Crippen LogP contribution >= 0.6 is 0 Å². The van der Waals surface area contributed by atoms with Gasteiger partial charge in [-0.2, -0.15) is 0 Å². The molecule has 31 heavy (non-hydrogen) atoms. The zero-order valence-electron chi connectivity index (χ0n) is 17.9. The lowest BCUT2D eigenvalue weighted by atomic mass is 9.97. The van der Waals surface area contributed by atoms with Crippen LogP contribution in [0.3, 0.4) is 0 Å². The molecular weight excluding hydrogens is 388 g/mol. The van der Waals surface area contributed by atoms with Gasteiger partial charge in [-0.05, 0) is 47.7 Å². The van der Waals surface area contributed by atoms with Gasteiger partial charge in [-0.3, -0.25) is 14.5 Å². The molecule has 1 saturated heterocycles. The smallest absolute Gasteiger partial charge is 0.308 e. The zero-order chi connectivity index (χ0) is 21.8. The van der Waals surface area contributed by atoms with Crippen LogP contribution in [-0.4, -0.2) is 28.5 Å². The number of nitrogens with zero attached hydrogens (tertiary/aromatic N) is 2. The van der Waals surface area contributed by atoms with Crippen LogP contribution in [0.1, 0.15) is 44.6 Å². The van der Waals surface area contributed by atoms with Crippen LogP contribution in [0.2, 0.25) is 0 Å². The topological polar surface area (TPSA) is 70.5 Å². The molecule has 1 aliphatic heterocycles. The Balaban J connectivity index is 1.75. The second-order valence-electron chi connectivity index (χ2n) is 8.30. The van der Waals surface area contributed by atoms with Crippen molar-refractivity contribution in [2.24, 2.45) is 5.92 Å². The van der Waals surface area contributed by atoms with Gasteiger partial charge >= 0.3 is 5.97 Å². The van der Waals surface area contributed by atoms with Crippen LogP contribution in [0.15, 0.2) is 54.6 Å². The number of fused-ring (bicyclic) bond motifs is 1. The highest BCUT2D eigenvalue weighted by Crippen LogP contribution is 2.34. The predicted octanol–water partition coefficient (Wildman–Crippen LogP) is 5.46. The van der Waals surface area contributed by atoms with Gasteiger partial charge in [-0.1, -0.05) is 62.6 Å². The summed E-state index contributed by atoms with van der Waals surface area (Å²) >= 11 is 0. The SMILES string of the molecule is CCCCCCc1ccc2nc(N3CC(C(=O)O)CC3=O)cc(-c3ccccc3)c2c1. The molecule has 1 fully saturated rings. The molecule has 5 nitrogen and oxygen atoms in total. The van der Waals surface area contributed by atoms with Crippen LogP contribution < -0.4 is 4.90 Å². The van der Waals surface area contributed by atoms with Gasteiger partial charge < -0.3 is 5.11 Å².